The number of amides is 1. The van der Waals surface area contributed by atoms with Crippen LogP contribution in [0, 0.1) is 0 Å². The van der Waals surface area contributed by atoms with Crippen molar-refractivity contribution >= 4 is 23.5 Å². The second-order valence-corrected chi connectivity index (χ2v) is 5.91. The van der Waals surface area contributed by atoms with Crippen molar-refractivity contribution in [2.75, 3.05) is 26.8 Å². The SMILES string of the molecule is COc1ccc(Cl)cc1C(=O)OCC(=O)N1C[C@@H](C)O[C@@H](C)C1. The maximum absolute atomic E-state index is 12.2. The fraction of sp³-hybridized carbons (Fsp3) is 0.500. The lowest BCUT2D eigenvalue weighted by Crippen LogP contribution is -2.49. The number of carbonyl (C=O) groups is 2. The summed E-state index contributed by atoms with van der Waals surface area (Å²) in [5, 5.41) is 0.389. The summed E-state index contributed by atoms with van der Waals surface area (Å²) in [5.41, 5.74) is 0.191. The van der Waals surface area contributed by atoms with Crippen molar-refractivity contribution in [1.29, 1.82) is 0 Å². The normalized spacial score (nSPS) is 21.0. The van der Waals surface area contributed by atoms with Gasteiger partial charge in [-0.3, -0.25) is 4.79 Å². The standard InChI is InChI=1S/C16H20ClNO5/c1-10-7-18(8-11(2)23-10)15(19)9-22-16(20)13-6-12(17)4-5-14(13)21-3/h4-6,10-11H,7-9H2,1-3H3/t10-,11+. The summed E-state index contributed by atoms with van der Waals surface area (Å²) < 4.78 is 15.8. The Morgan fingerprint density at radius 1 is 1.30 bits per heavy atom. The van der Waals surface area contributed by atoms with E-state index >= 15 is 0 Å². The van der Waals surface area contributed by atoms with Crippen LogP contribution in [-0.2, 0) is 14.3 Å². The Bertz CT molecular complexity index is 582. The van der Waals surface area contributed by atoms with Gasteiger partial charge in [0, 0.05) is 18.1 Å². The van der Waals surface area contributed by atoms with Gasteiger partial charge in [0.2, 0.25) is 0 Å². The molecule has 1 heterocycles. The molecule has 2 atom stereocenters. The van der Waals surface area contributed by atoms with Gasteiger partial charge in [0.1, 0.15) is 11.3 Å². The van der Waals surface area contributed by atoms with Crippen LogP contribution in [0.4, 0.5) is 0 Å². The van der Waals surface area contributed by atoms with Gasteiger partial charge in [-0.2, -0.15) is 0 Å². The highest BCUT2D eigenvalue weighted by Crippen LogP contribution is 2.23. The molecule has 1 fully saturated rings. The van der Waals surface area contributed by atoms with Crippen LogP contribution in [0.3, 0.4) is 0 Å². The molecule has 0 radical (unpaired) electrons. The second-order valence-electron chi connectivity index (χ2n) is 5.48. The smallest absolute Gasteiger partial charge is 0.342 e. The minimum Gasteiger partial charge on any atom is -0.496 e. The molecule has 0 spiro atoms. The summed E-state index contributed by atoms with van der Waals surface area (Å²) >= 11 is 5.88. The number of hydrogen-bond acceptors (Lipinski definition) is 5. The van der Waals surface area contributed by atoms with Crippen molar-refractivity contribution in [2.24, 2.45) is 0 Å². The molecule has 0 aromatic heterocycles. The molecule has 6 nitrogen and oxygen atoms in total. The number of ether oxygens (including phenoxy) is 3. The number of esters is 1. The summed E-state index contributed by atoms with van der Waals surface area (Å²) in [6, 6.07) is 4.64. The Labute approximate surface area is 140 Å². The number of methoxy groups -OCH3 is 1. The molecule has 126 valence electrons. The van der Waals surface area contributed by atoms with E-state index in [-0.39, 0.29) is 30.3 Å². The quantitative estimate of drug-likeness (QED) is 0.785. The van der Waals surface area contributed by atoms with Gasteiger partial charge in [-0.1, -0.05) is 11.6 Å². The lowest BCUT2D eigenvalue weighted by molar-refractivity contribution is -0.146. The van der Waals surface area contributed by atoms with Gasteiger partial charge >= 0.3 is 5.97 Å². The Hall–Kier alpha value is -1.79. The van der Waals surface area contributed by atoms with Gasteiger partial charge in [-0.25, -0.2) is 4.79 Å². The molecule has 1 aromatic carbocycles. The van der Waals surface area contributed by atoms with E-state index in [4.69, 9.17) is 25.8 Å². The van der Waals surface area contributed by atoms with Crippen LogP contribution in [-0.4, -0.2) is 55.8 Å². The second kappa shape index (κ2) is 7.66. The zero-order valence-electron chi connectivity index (χ0n) is 13.4. The lowest BCUT2D eigenvalue weighted by atomic mass is 10.2. The first-order valence-corrected chi connectivity index (χ1v) is 7.72. The van der Waals surface area contributed by atoms with Crippen LogP contribution in [0.5, 0.6) is 5.75 Å². The molecule has 1 aromatic rings. The fourth-order valence-electron chi connectivity index (χ4n) is 2.52. The van der Waals surface area contributed by atoms with Crippen LogP contribution in [0.2, 0.25) is 5.02 Å². The van der Waals surface area contributed by atoms with E-state index in [9.17, 15) is 9.59 Å². The van der Waals surface area contributed by atoms with Crippen molar-refractivity contribution in [3.8, 4) is 5.75 Å². The van der Waals surface area contributed by atoms with Crippen molar-refractivity contribution in [3.05, 3.63) is 28.8 Å². The van der Waals surface area contributed by atoms with Crippen LogP contribution in [0.1, 0.15) is 24.2 Å². The average molecular weight is 342 g/mol. The van der Waals surface area contributed by atoms with Gasteiger partial charge in [0.15, 0.2) is 6.61 Å². The molecular formula is C16H20ClNO5. The lowest BCUT2D eigenvalue weighted by Gasteiger charge is -2.35. The van der Waals surface area contributed by atoms with E-state index in [2.05, 4.69) is 0 Å². The van der Waals surface area contributed by atoms with E-state index in [0.29, 0.717) is 23.9 Å². The predicted octanol–water partition coefficient (Wildman–Crippen LogP) is 2.14. The van der Waals surface area contributed by atoms with Gasteiger partial charge in [0.25, 0.3) is 5.91 Å². The van der Waals surface area contributed by atoms with Gasteiger partial charge in [0.05, 0.1) is 19.3 Å². The largest absolute Gasteiger partial charge is 0.496 e. The number of halogens is 1. The third-order valence-electron chi connectivity index (χ3n) is 3.48. The van der Waals surface area contributed by atoms with E-state index in [0.717, 1.165) is 0 Å². The Kier molecular flexibility index (Phi) is 5.85. The Morgan fingerprint density at radius 2 is 1.96 bits per heavy atom. The van der Waals surface area contributed by atoms with E-state index in [1.165, 1.54) is 13.2 Å². The van der Waals surface area contributed by atoms with Gasteiger partial charge in [-0.15, -0.1) is 0 Å². The van der Waals surface area contributed by atoms with Crippen molar-refractivity contribution in [3.63, 3.8) is 0 Å². The molecule has 0 N–H and O–H groups in total. The summed E-state index contributed by atoms with van der Waals surface area (Å²) in [6.07, 6.45) is -0.0714. The zero-order valence-corrected chi connectivity index (χ0v) is 14.1. The van der Waals surface area contributed by atoms with E-state index in [1.54, 1.807) is 17.0 Å². The highest BCUT2D eigenvalue weighted by Gasteiger charge is 2.26. The van der Waals surface area contributed by atoms with E-state index < -0.39 is 5.97 Å². The molecule has 0 aliphatic carbocycles. The highest BCUT2D eigenvalue weighted by molar-refractivity contribution is 6.31. The minimum absolute atomic E-state index is 0.0357. The third-order valence-corrected chi connectivity index (χ3v) is 3.72. The molecule has 0 unspecified atom stereocenters. The highest BCUT2D eigenvalue weighted by atomic mass is 35.5. The maximum atomic E-state index is 12.2. The molecule has 1 aliphatic rings. The molecule has 2 rings (SSSR count). The summed E-state index contributed by atoms with van der Waals surface area (Å²) in [6.45, 7) is 4.45. The molecule has 1 amide bonds. The van der Waals surface area contributed by atoms with Crippen LogP contribution in [0.15, 0.2) is 18.2 Å². The van der Waals surface area contributed by atoms with Gasteiger partial charge in [-0.05, 0) is 32.0 Å². The Morgan fingerprint density at radius 3 is 2.57 bits per heavy atom. The number of nitrogens with zero attached hydrogens (tertiary/aromatic N) is 1. The third kappa shape index (κ3) is 4.59. The Balaban J connectivity index is 1.96. The van der Waals surface area contributed by atoms with Gasteiger partial charge < -0.3 is 19.1 Å². The zero-order chi connectivity index (χ0) is 17.0. The van der Waals surface area contributed by atoms with E-state index in [1.807, 2.05) is 13.8 Å². The van der Waals surface area contributed by atoms with Crippen LogP contribution in [0.25, 0.3) is 0 Å². The molecule has 0 saturated carbocycles. The van der Waals surface area contributed by atoms with Crippen molar-refractivity contribution in [1.82, 2.24) is 4.90 Å². The number of hydrogen-bond donors (Lipinski definition) is 0. The first-order chi connectivity index (χ1) is 10.9. The molecule has 1 aliphatic heterocycles. The topological polar surface area (TPSA) is 65.1 Å². The van der Waals surface area contributed by atoms with Crippen LogP contribution >= 0.6 is 11.6 Å². The number of benzene rings is 1. The van der Waals surface area contributed by atoms with Crippen LogP contribution < -0.4 is 4.74 Å². The summed E-state index contributed by atoms with van der Waals surface area (Å²) in [7, 11) is 1.45. The molecule has 23 heavy (non-hydrogen) atoms. The number of morpholine rings is 1. The average Bonchev–Trinajstić information content (AvgIpc) is 2.51. The molecule has 1 saturated heterocycles. The predicted molar refractivity (Wildman–Crippen MR) is 84.9 cm³/mol. The molecular weight excluding hydrogens is 322 g/mol. The van der Waals surface area contributed by atoms with Crippen molar-refractivity contribution in [2.45, 2.75) is 26.1 Å². The first kappa shape index (κ1) is 17.6. The monoisotopic (exact) mass is 341 g/mol. The number of rotatable bonds is 4. The molecule has 0 bridgehead atoms. The summed E-state index contributed by atoms with van der Waals surface area (Å²) in [5.74, 6) is -0.547. The minimum atomic E-state index is -0.646. The fourth-order valence-corrected chi connectivity index (χ4v) is 2.69. The first-order valence-electron chi connectivity index (χ1n) is 7.34. The van der Waals surface area contributed by atoms with Crippen molar-refractivity contribution < 1.29 is 23.8 Å². The summed E-state index contributed by atoms with van der Waals surface area (Å²) in [4.78, 5) is 26.0. The number of carbonyl (C=O) groups excluding carboxylic acids is 2. The molecule has 7 heteroatoms. The maximum Gasteiger partial charge on any atom is 0.342 e.